The molecule has 6 heteroatoms. The molecule has 5 nitrogen and oxygen atoms in total. The van der Waals surface area contributed by atoms with E-state index in [9.17, 15) is 9.18 Å². The summed E-state index contributed by atoms with van der Waals surface area (Å²) in [5, 5.41) is 12.1. The van der Waals surface area contributed by atoms with Gasteiger partial charge in [-0.25, -0.2) is 4.39 Å². The van der Waals surface area contributed by atoms with Crippen LogP contribution in [0.4, 0.5) is 10.1 Å². The van der Waals surface area contributed by atoms with Crippen LogP contribution in [0, 0.1) is 5.82 Å². The SMILES string of the molecule is CCCN(CCC(=O)O)Cc1ccc(F)c(N2CCNCC2)c1. The lowest BCUT2D eigenvalue weighted by atomic mass is 10.1. The van der Waals surface area contributed by atoms with Crippen molar-refractivity contribution >= 4 is 11.7 Å². The van der Waals surface area contributed by atoms with Crippen LogP contribution >= 0.6 is 0 Å². The van der Waals surface area contributed by atoms with E-state index in [-0.39, 0.29) is 12.2 Å². The number of carboxylic acids is 1. The van der Waals surface area contributed by atoms with E-state index in [2.05, 4.69) is 22.0 Å². The van der Waals surface area contributed by atoms with Crippen LogP contribution < -0.4 is 10.2 Å². The second-order valence-electron chi connectivity index (χ2n) is 5.94. The smallest absolute Gasteiger partial charge is 0.304 e. The van der Waals surface area contributed by atoms with Crippen molar-refractivity contribution in [1.29, 1.82) is 0 Å². The summed E-state index contributed by atoms with van der Waals surface area (Å²) in [5.74, 6) is -0.977. The first-order chi connectivity index (χ1) is 11.1. The first kappa shape index (κ1) is 17.7. The average molecular weight is 323 g/mol. The van der Waals surface area contributed by atoms with E-state index < -0.39 is 5.97 Å². The molecule has 2 N–H and O–H groups in total. The van der Waals surface area contributed by atoms with E-state index in [4.69, 9.17) is 5.11 Å². The van der Waals surface area contributed by atoms with Gasteiger partial charge in [0.25, 0.3) is 0 Å². The number of piperazine rings is 1. The van der Waals surface area contributed by atoms with Crippen molar-refractivity contribution < 1.29 is 14.3 Å². The zero-order chi connectivity index (χ0) is 16.7. The van der Waals surface area contributed by atoms with Gasteiger partial charge in [-0.2, -0.15) is 0 Å². The van der Waals surface area contributed by atoms with Crippen molar-refractivity contribution in [3.05, 3.63) is 29.6 Å². The molecule has 0 amide bonds. The van der Waals surface area contributed by atoms with Crippen LogP contribution in [0.2, 0.25) is 0 Å². The van der Waals surface area contributed by atoms with Gasteiger partial charge in [0.1, 0.15) is 5.82 Å². The second kappa shape index (κ2) is 8.84. The van der Waals surface area contributed by atoms with Gasteiger partial charge in [0.2, 0.25) is 0 Å². The highest BCUT2D eigenvalue weighted by molar-refractivity contribution is 5.66. The molecular weight excluding hydrogens is 297 g/mol. The van der Waals surface area contributed by atoms with Crippen molar-refractivity contribution in [3.8, 4) is 0 Å². The number of hydrogen-bond acceptors (Lipinski definition) is 4. The zero-order valence-electron chi connectivity index (χ0n) is 13.7. The van der Waals surface area contributed by atoms with Crippen LogP contribution in [0.5, 0.6) is 0 Å². The molecule has 2 rings (SSSR count). The number of carbonyl (C=O) groups is 1. The van der Waals surface area contributed by atoms with Gasteiger partial charge in [-0.15, -0.1) is 0 Å². The minimum absolute atomic E-state index is 0.131. The number of aliphatic carboxylic acids is 1. The number of benzene rings is 1. The van der Waals surface area contributed by atoms with Crippen LogP contribution in [0.15, 0.2) is 18.2 Å². The number of anilines is 1. The molecule has 0 radical (unpaired) electrons. The number of hydrogen-bond donors (Lipinski definition) is 2. The normalized spacial score (nSPS) is 15.2. The Kier molecular flexibility index (Phi) is 6.80. The van der Waals surface area contributed by atoms with E-state index in [1.807, 2.05) is 6.07 Å². The maximum Gasteiger partial charge on any atom is 0.304 e. The quantitative estimate of drug-likeness (QED) is 0.765. The molecule has 1 aromatic rings. The predicted octanol–water partition coefficient (Wildman–Crippen LogP) is 1.92. The van der Waals surface area contributed by atoms with Gasteiger partial charge in [0.05, 0.1) is 12.1 Å². The van der Waals surface area contributed by atoms with Crippen LogP contribution in [0.1, 0.15) is 25.3 Å². The predicted molar refractivity (Wildman–Crippen MR) is 89.3 cm³/mol. The Morgan fingerprint density at radius 1 is 1.35 bits per heavy atom. The monoisotopic (exact) mass is 323 g/mol. The Hall–Kier alpha value is -1.66. The molecule has 0 atom stereocenters. The van der Waals surface area contributed by atoms with Gasteiger partial charge >= 0.3 is 5.97 Å². The molecule has 1 aliphatic heterocycles. The third-order valence-electron chi connectivity index (χ3n) is 4.06. The lowest BCUT2D eigenvalue weighted by Gasteiger charge is -2.30. The molecule has 1 aromatic carbocycles. The Bertz CT molecular complexity index is 519. The Balaban J connectivity index is 2.06. The summed E-state index contributed by atoms with van der Waals surface area (Å²) in [4.78, 5) is 15.0. The largest absolute Gasteiger partial charge is 0.481 e. The van der Waals surface area contributed by atoms with Gasteiger partial charge in [0.15, 0.2) is 0 Å². The number of nitrogens with one attached hydrogen (secondary N) is 1. The fourth-order valence-electron chi connectivity index (χ4n) is 2.90. The highest BCUT2D eigenvalue weighted by Gasteiger charge is 2.16. The van der Waals surface area contributed by atoms with E-state index >= 15 is 0 Å². The molecule has 0 spiro atoms. The van der Waals surface area contributed by atoms with Crippen molar-refractivity contribution in [2.75, 3.05) is 44.2 Å². The van der Waals surface area contributed by atoms with Crippen LogP contribution in [-0.4, -0.2) is 55.2 Å². The Labute approximate surface area is 137 Å². The molecule has 128 valence electrons. The van der Waals surface area contributed by atoms with Crippen LogP contribution in [0.3, 0.4) is 0 Å². The zero-order valence-corrected chi connectivity index (χ0v) is 13.7. The van der Waals surface area contributed by atoms with Gasteiger partial charge < -0.3 is 15.3 Å². The highest BCUT2D eigenvalue weighted by atomic mass is 19.1. The molecule has 0 aliphatic carbocycles. The molecule has 1 heterocycles. The van der Waals surface area contributed by atoms with Gasteiger partial charge in [0, 0.05) is 39.3 Å². The molecule has 1 fully saturated rings. The summed E-state index contributed by atoms with van der Waals surface area (Å²) in [5.41, 5.74) is 1.68. The topological polar surface area (TPSA) is 55.8 Å². The highest BCUT2D eigenvalue weighted by Crippen LogP contribution is 2.22. The van der Waals surface area contributed by atoms with E-state index in [1.165, 1.54) is 6.07 Å². The minimum Gasteiger partial charge on any atom is -0.481 e. The molecule has 0 saturated carbocycles. The minimum atomic E-state index is -0.785. The number of rotatable bonds is 8. The third-order valence-corrected chi connectivity index (χ3v) is 4.06. The van der Waals surface area contributed by atoms with Crippen molar-refractivity contribution in [2.45, 2.75) is 26.3 Å². The molecule has 1 aliphatic rings. The fraction of sp³-hybridized carbons (Fsp3) is 0.588. The van der Waals surface area contributed by atoms with Crippen LogP contribution in [-0.2, 0) is 11.3 Å². The molecule has 1 saturated heterocycles. The third kappa shape index (κ3) is 5.48. The molecule has 0 bridgehead atoms. The van der Waals surface area contributed by atoms with Crippen molar-refractivity contribution in [2.24, 2.45) is 0 Å². The Morgan fingerprint density at radius 3 is 2.74 bits per heavy atom. The van der Waals surface area contributed by atoms with Crippen LogP contribution in [0.25, 0.3) is 0 Å². The number of nitrogens with zero attached hydrogens (tertiary/aromatic N) is 2. The second-order valence-corrected chi connectivity index (χ2v) is 5.94. The molecular formula is C17H26FN3O2. The maximum atomic E-state index is 14.1. The maximum absolute atomic E-state index is 14.1. The fourth-order valence-corrected chi connectivity index (χ4v) is 2.90. The summed E-state index contributed by atoms with van der Waals surface area (Å²) < 4.78 is 14.1. The van der Waals surface area contributed by atoms with Gasteiger partial charge in [-0.05, 0) is 30.7 Å². The summed E-state index contributed by atoms with van der Waals surface area (Å²) in [6.45, 7) is 7.42. The molecule has 23 heavy (non-hydrogen) atoms. The van der Waals surface area contributed by atoms with E-state index in [1.54, 1.807) is 6.07 Å². The molecule has 0 unspecified atom stereocenters. The number of halogens is 1. The van der Waals surface area contributed by atoms with Crippen molar-refractivity contribution in [3.63, 3.8) is 0 Å². The van der Waals surface area contributed by atoms with E-state index in [0.29, 0.717) is 18.8 Å². The summed E-state index contributed by atoms with van der Waals surface area (Å²) >= 11 is 0. The first-order valence-electron chi connectivity index (χ1n) is 8.28. The van der Waals surface area contributed by atoms with Crippen molar-refractivity contribution in [1.82, 2.24) is 10.2 Å². The summed E-state index contributed by atoms with van der Waals surface area (Å²) in [6.07, 6.45) is 1.09. The first-order valence-corrected chi connectivity index (χ1v) is 8.28. The number of carboxylic acid groups (broad SMARTS) is 1. The summed E-state index contributed by atoms with van der Waals surface area (Å²) in [7, 11) is 0. The Morgan fingerprint density at radius 2 is 2.09 bits per heavy atom. The average Bonchev–Trinajstić information content (AvgIpc) is 2.55. The van der Waals surface area contributed by atoms with E-state index in [0.717, 1.165) is 44.7 Å². The lowest BCUT2D eigenvalue weighted by molar-refractivity contribution is -0.137. The molecule has 0 aromatic heterocycles. The summed E-state index contributed by atoms with van der Waals surface area (Å²) in [6, 6.07) is 5.22. The van der Waals surface area contributed by atoms with Gasteiger partial charge in [-0.3, -0.25) is 9.69 Å². The standard InChI is InChI=1S/C17H26FN3O2/c1-2-8-20(9-5-17(22)23)13-14-3-4-15(18)16(12-14)21-10-6-19-7-11-21/h3-4,12,19H,2,5-11,13H2,1H3,(H,22,23). The lowest BCUT2D eigenvalue weighted by Crippen LogP contribution is -2.44. The van der Waals surface area contributed by atoms with Gasteiger partial charge in [-0.1, -0.05) is 13.0 Å².